The SMILES string of the molecule is CCNS(=O)(=O)N1CCC(NC)CC1. The van der Waals surface area contributed by atoms with Crippen molar-refractivity contribution in [2.75, 3.05) is 26.7 Å². The number of nitrogens with one attached hydrogen (secondary N) is 2. The van der Waals surface area contributed by atoms with Crippen molar-refractivity contribution in [3.05, 3.63) is 0 Å². The largest absolute Gasteiger partial charge is 0.317 e. The van der Waals surface area contributed by atoms with Crippen LogP contribution >= 0.6 is 0 Å². The third-order valence-electron chi connectivity index (χ3n) is 2.53. The summed E-state index contributed by atoms with van der Waals surface area (Å²) in [6.45, 7) is 3.47. The van der Waals surface area contributed by atoms with Crippen LogP contribution in [0, 0.1) is 0 Å². The molecular formula is C8H19N3O2S. The Morgan fingerprint density at radius 3 is 2.36 bits per heavy atom. The Balaban J connectivity index is 2.49. The lowest BCUT2D eigenvalue weighted by atomic mass is 10.1. The van der Waals surface area contributed by atoms with Crippen molar-refractivity contribution in [2.24, 2.45) is 0 Å². The molecule has 1 aliphatic rings. The highest BCUT2D eigenvalue weighted by atomic mass is 32.2. The topological polar surface area (TPSA) is 61.4 Å². The normalized spacial score (nSPS) is 21.3. The van der Waals surface area contributed by atoms with Gasteiger partial charge in [0.2, 0.25) is 0 Å². The fraction of sp³-hybridized carbons (Fsp3) is 1.00. The number of hydrogen-bond acceptors (Lipinski definition) is 3. The van der Waals surface area contributed by atoms with Crippen molar-refractivity contribution >= 4 is 10.2 Å². The molecule has 1 fully saturated rings. The second kappa shape index (κ2) is 5.06. The van der Waals surface area contributed by atoms with Crippen LogP contribution in [0.2, 0.25) is 0 Å². The van der Waals surface area contributed by atoms with E-state index in [-0.39, 0.29) is 0 Å². The molecule has 0 aromatic rings. The average molecular weight is 221 g/mol. The molecule has 0 aromatic heterocycles. The summed E-state index contributed by atoms with van der Waals surface area (Å²) in [6, 6.07) is 0.461. The Kier molecular flexibility index (Phi) is 4.31. The van der Waals surface area contributed by atoms with Crippen LogP contribution in [0.1, 0.15) is 19.8 Å². The molecule has 0 spiro atoms. The first-order valence-electron chi connectivity index (χ1n) is 5.02. The summed E-state index contributed by atoms with van der Waals surface area (Å²) in [5.41, 5.74) is 0. The van der Waals surface area contributed by atoms with Crippen LogP contribution in [0.5, 0.6) is 0 Å². The van der Waals surface area contributed by atoms with Crippen LogP contribution in [-0.4, -0.2) is 45.4 Å². The summed E-state index contributed by atoms with van der Waals surface area (Å²) in [4.78, 5) is 0. The lowest BCUT2D eigenvalue weighted by Gasteiger charge is -2.30. The minimum Gasteiger partial charge on any atom is -0.317 e. The van der Waals surface area contributed by atoms with Crippen molar-refractivity contribution in [1.82, 2.24) is 14.3 Å². The second-order valence-electron chi connectivity index (χ2n) is 3.46. The molecule has 1 heterocycles. The Morgan fingerprint density at radius 2 is 1.93 bits per heavy atom. The predicted molar refractivity (Wildman–Crippen MR) is 56.3 cm³/mol. The van der Waals surface area contributed by atoms with E-state index in [4.69, 9.17) is 0 Å². The van der Waals surface area contributed by atoms with Crippen LogP contribution in [0.15, 0.2) is 0 Å². The summed E-state index contributed by atoms with van der Waals surface area (Å²) in [5.74, 6) is 0. The average Bonchev–Trinajstić information content (AvgIpc) is 2.18. The van der Waals surface area contributed by atoms with Gasteiger partial charge >= 0.3 is 0 Å². The molecular weight excluding hydrogens is 202 g/mol. The maximum atomic E-state index is 11.6. The van der Waals surface area contributed by atoms with E-state index in [2.05, 4.69) is 10.0 Å². The summed E-state index contributed by atoms with van der Waals surface area (Å²) >= 11 is 0. The monoisotopic (exact) mass is 221 g/mol. The molecule has 14 heavy (non-hydrogen) atoms. The third kappa shape index (κ3) is 2.91. The first-order chi connectivity index (χ1) is 6.60. The van der Waals surface area contributed by atoms with Gasteiger partial charge in [-0.15, -0.1) is 0 Å². The quantitative estimate of drug-likeness (QED) is 0.674. The standard InChI is InChI=1S/C8H19N3O2S/c1-3-10-14(12,13)11-6-4-8(9-2)5-7-11/h8-10H,3-7H2,1-2H3. The summed E-state index contributed by atoms with van der Waals surface area (Å²) < 4.78 is 27.2. The Morgan fingerprint density at radius 1 is 1.36 bits per heavy atom. The van der Waals surface area contributed by atoms with Crippen molar-refractivity contribution in [3.8, 4) is 0 Å². The maximum absolute atomic E-state index is 11.6. The van der Waals surface area contributed by atoms with E-state index >= 15 is 0 Å². The van der Waals surface area contributed by atoms with Crippen molar-refractivity contribution in [1.29, 1.82) is 0 Å². The van der Waals surface area contributed by atoms with Crippen LogP contribution < -0.4 is 10.0 Å². The summed E-state index contributed by atoms with van der Waals surface area (Å²) in [6.07, 6.45) is 1.78. The molecule has 0 aromatic carbocycles. The van der Waals surface area contributed by atoms with Crippen LogP contribution in [0.25, 0.3) is 0 Å². The maximum Gasteiger partial charge on any atom is 0.279 e. The van der Waals surface area contributed by atoms with E-state index in [0.717, 1.165) is 12.8 Å². The highest BCUT2D eigenvalue weighted by molar-refractivity contribution is 7.87. The van der Waals surface area contributed by atoms with E-state index in [1.165, 1.54) is 4.31 Å². The first kappa shape index (κ1) is 11.9. The highest BCUT2D eigenvalue weighted by Gasteiger charge is 2.26. The molecule has 2 N–H and O–H groups in total. The predicted octanol–water partition coefficient (Wildman–Crippen LogP) is -0.475. The fourth-order valence-corrected chi connectivity index (χ4v) is 2.90. The van der Waals surface area contributed by atoms with Gasteiger partial charge in [-0.05, 0) is 19.9 Å². The Labute approximate surface area is 86.0 Å². The van der Waals surface area contributed by atoms with Gasteiger partial charge in [0.15, 0.2) is 0 Å². The molecule has 1 saturated heterocycles. The van der Waals surface area contributed by atoms with Crippen LogP contribution in [0.4, 0.5) is 0 Å². The first-order valence-corrected chi connectivity index (χ1v) is 6.46. The number of piperidine rings is 1. The Hall–Kier alpha value is -0.170. The zero-order valence-electron chi connectivity index (χ0n) is 8.78. The van der Waals surface area contributed by atoms with Crippen molar-refractivity contribution < 1.29 is 8.42 Å². The molecule has 1 aliphatic heterocycles. The van der Waals surface area contributed by atoms with Gasteiger partial charge < -0.3 is 5.32 Å². The van der Waals surface area contributed by atoms with Crippen molar-refractivity contribution in [3.63, 3.8) is 0 Å². The molecule has 0 aliphatic carbocycles. The van der Waals surface area contributed by atoms with Gasteiger partial charge in [0.25, 0.3) is 10.2 Å². The number of rotatable bonds is 4. The summed E-state index contributed by atoms with van der Waals surface area (Å²) in [5, 5.41) is 3.17. The third-order valence-corrected chi connectivity index (χ3v) is 4.23. The zero-order valence-corrected chi connectivity index (χ0v) is 9.60. The van der Waals surface area contributed by atoms with Crippen LogP contribution in [-0.2, 0) is 10.2 Å². The molecule has 0 saturated carbocycles. The van der Waals surface area contributed by atoms with E-state index in [0.29, 0.717) is 25.7 Å². The lowest BCUT2D eigenvalue weighted by Crippen LogP contribution is -2.48. The van der Waals surface area contributed by atoms with Gasteiger partial charge in [-0.25, -0.2) is 4.72 Å². The van der Waals surface area contributed by atoms with E-state index < -0.39 is 10.2 Å². The van der Waals surface area contributed by atoms with Gasteiger partial charge in [0.1, 0.15) is 0 Å². The zero-order chi connectivity index (χ0) is 10.6. The van der Waals surface area contributed by atoms with Gasteiger partial charge in [0.05, 0.1) is 0 Å². The smallest absolute Gasteiger partial charge is 0.279 e. The number of hydrogen-bond donors (Lipinski definition) is 2. The lowest BCUT2D eigenvalue weighted by molar-refractivity contribution is 0.295. The van der Waals surface area contributed by atoms with E-state index in [9.17, 15) is 8.42 Å². The molecule has 0 unspecified atom stereocenters. The highest BCUT2D eigenvalue weighted by Crippen LogP contribution is 2.12. The Bertz CT molecular complexity index is 258. The molecule has 0 amide bonds. The molecule has 0 bridgehead atoms. The summed E-state index contributed by atoms with van der Waals surface area (Å²) in [7, 11) is -1.29. The van der Waals surface area contributed by atoms with Crippen LogP contribution in [0.3, 0.4) is 0 Å². The van der Waals surface area contributed by atoms with Gasteiger partial charge in [-0.2, -0.15) is 12.7 Å². The molecule has 0 radical (unpaired) electrons. The molecule has 6 heteroatoms. The second-order valence-corrected chi connectivity index (χ2v) is 5.22. The fourth-order valence-electron chi connectivity index (χ4n) is 1.66. The van der Waals surface area contributed by atoms with E-state index in [1.54, 1.807) is 6.92 Å². The minimum absolute atomic E-state index is 0.453. The number of nitrogens with zero attached hydrogens (tertiary/aromatic N) is 1. The molecule has 5 nitrogen and oxygen atoms in total. The van der Waals surface area contributed by atoms with Gasteiger partial charge in [-0.1, -0.05) is 6.92 Å². The van der Waals surface area contributed by atoms with Crippen molar-refractivity contribution in [2.45, 2.75) is 25.8 Å². The molecule has 84 valence electrons. The molecule has 1 rings (SSSR count). The molecule has 0 atom stereocenters. The van der Waals surface area contributed by atoms with Gasteiger partial charge in [0, 0.05) is 25.7 Å². The van der Waals surface area contributed by atoms with E-state index in [1.807, 2.05) is 7.05 Å². The van der Waals surface area contributed by atoms with Gasteiger partial charge in [-0.3, -0.25) is 0 Å². The minimum atomic E-state index is -3.21.